The Bertz CT molecular complexity index is 256. The molecule has 1 radical (unpaired) electrons. The summed E-state index contributed by atoms with van der Waals surface area (Å²) >= 11 is 0. The predicted octanol–water partition coefficient (Wildman–Crippen LogP) is 1.70. The molecule has 0 saturated carbocycles. The van der Waals surface area contributed by atoms with Gasteiger partial charge in [-0.15, -0.1) is 0 Å². The zero-order valence-corrected chi connectivity index (χ0v) is 7.08. The van der Waals surface area contributed by atoms with Crippen molar-refractivity contribution >= 4 is 5.91 Å². The third kappa shape index (κ3) is 2.38. The first-order chi connectivity index (χ1) is 5.70. The lowest BCUT2D eigenvalue weighted by Crippen LogP contribution is -2.23. The van der Waals surface area contributed by atoms with Crippen LogP contribution in [0.15, 0.2) is 30.3 Å². The molecule has 0 heterocycles. The molecule has 1 rings (SSSR count). The highest BCUT2D eigenvalue weighted by Crippen LogP contribution is 2.09. The lowest BCUT2D eigenvalue weighted by molar-refractivity contribution is -0.119. The van der Waals surface area contributed by atoms with Crippen LogP contribution in [0.4, 0.5) is 0 Å². The van der Waals surface area contributed by atoms with Gasteiger partial charge in [0.15, 0.2) is 0 Å². The molecule has 0 unspecified atom stereocenters. The molecule has 2 nitrogen and oxygen atoms in total. The number of carbonyl (C=O) groups excluding carboxylic acids is 1. The second kappa shape index (κ2) is 3.90. The van der Waals surface area contributed by atoms with E-state index in [1.54, 1.807) is 0 Å². The molecule has 1 aromatic carbocycles. The zero-order valence-electron chi connectivity index (χ0n) is 7.08. The van der Waals surface area contributed by atoms with Crippen LogP contribution in [0.1, 0.15) is 18.5 Å². The summed E-state index contributed by atoms with van der Waals surface area (Å²) in [4.78, 5) is 10.7. The van der Waals surface area contributed by atoms with Gasteiger partial charge in [-0.05, 0) is 12.5 Å². The molecule has 0 aliphatic rings. The minimum absolute atomic E-state index is 0.0566. The molecular weight excluding hydrogens is 150 g/mol. The highest BCUT2D eigenvalue weighted by atomic mass is 16.1. The summed E-state index contributed by atoms with van der Waals surface area (Å²) < 4.78 is 0. The normalized spacial score (nSPS) is 12.2. The molecule has 1 amide bonds. The molecule has 0 aliphatic carbocycles. The van der Waals surface area contributed by atoms with E-state index in [1.807, 2.05) is 30.3 Å². The number of amides is 1. The number of benzene rings is 1. The molecule has 0 aliphatic heterocycles. The Morgan fingerprint density at radius 3 is 2.50 bits per heavy atom. The summed E-state index contributed by atoms with van der Waals surface area (Å²) in [7, 11) is 0. The van der Waals surface area contributed by atoms with Gasteiger partial charge in [0.25, 0.3) is 0 Å². The highest BCUT2D eigenvalue weighted by molar-refractivity contribution is 5.73. The fourth-order valence-corrected chi connectivity index (χ4v) is 1.01. The van der Waals surface area contributed by atoms with Crippen molar-refractivity contribution in [1.82, 2.24) is 5.32 Å². The quantitative estimate of drug-likeness (QED) is 0.704. The predicted molar refractivity (Wildman–Crippen MR) is 48.4 cm³/mol. The summed E-state index contributed by atoms with van der Waals surface area (Å²) in [6.07, 6.45) is 0. The maximum atomic E-state index is 10.7. The Morgan fingerprint density at radius 1 is 1.42 bits per heavy atom. The van der Waals surface area contributed by atoms with Crippen LogP contribution in [-0.2, 0) is 4.79 Å². The van der Waals surface area contributed by atoms with Crippen LogP contribution in [0.3, 0.4) is 0 Å². The molecule has 2 heteroatoms. The van der Waals surface area contributed by atoms with Gasteiger partial charge in [-0.2, -0.15) is 0 Å². The van der Waals surface area contributed by atoms with Crippen LogP contribution in [0.5, 0.6) is 0 Å². The number of nitrogens with one attached hydrogen (secondary N) is 1. The maximum absolute atomic E-state index is 10.7. The summed E-state index contributed by atoms with van der Waals surface area (Å²) in [5.74, 6) is -0.0566. The molecule has 0 fully saturated rings. The lowest BCUT2D eigenvalue weighted by atomic mass is 10.1. The van der Waals surface area contributed by atoms with Crippen LogP contribution in [0.25, 0.3) is 0 Å². The Kier molecular flexibility index (Phi) is 2.86. The second-order valence-electron chi connectivity index (χ2n) is 2.66. The summed E-state index contributed by atoms with van der Waals surface area (Å²) in [5, 5.41) is 2.71. The van der Waals surface area contributed by atoms with E-state index in [9.17, 15) is 4.79 Å². The first kappa shape index (κ1) is 8.78. The summed E-state index contributed by atoms with van der Waals surface area (Å²) in [6, 6.07) is 9.51. The van der Waals surface area contributed by atoms with Gasteiger partial charge in [0, 0.05) is 6.92 Å². The summed E-state index contributed by atoms with van der Waals surface area (Å²) in [6.45, 7) is 5.30. The van der Waals surface area contributed by atoms with Crippen LogP contribution >= 0.6 is 0 Å². The van der Waals surface area contributed by atoms with Crippen molar-refractivity contribution in [2.45, 2.75) is 13.0 Å². The third-order valence-corrected chi connectivity index (χ3v) is 1.58. The first-order valence-electron chi connectivity index (χ1n) is 3.85. The van der Waals surface area contributed by atoms with Crippen molar-refractivity contribution in [2.75, 3.05) is 0 Å². The Morgan fingerprint density at radius 2 is 2.00 bits per heavy atom. The van der Waals surface area contributed by atoms with Gasteiger partial charge in [-0.3, -0.25) is 4.79 Å². The second-order valence-corrected chi connectivity index (χ2v) is 2.66. The number of hydrogen-bond acceptors (Lipinski definition) is 1. The zero-order chi connectivity index (χ0) is 8.97. The van der Waals surface area contributed by atoms with Crippen molar-refractivity contribution in [2.24, 2.45) is 0 Å². The average molecular weight is 162 g/mol. The monoisotopic (exact) mass is 162 g/mol. The Labute approximate surface area is 72.6 Å². The molecule has 1 N–H and O–H groups in total. The van der Waals surface area contributed by atoms with E-state index in [2.05, 4.69) is 12.2 Å². The van der Waals surface area contributed by atoms with Crippen LogP contribution in [0, 0.1) is 6.92 Å². The number of rotatable bonds is 2. The van der Waals surface area contributed by atoms with Gasteiger partial charge in [-0.25, -0.2) is 0 Å². The van der Waals surface area contributed by atoms with Gasteiger partial charge in [0.05, 0.1) is 6.04 Å². The largest absolute Gasteiger partial charge is 0.350 e. The van der Waals surface area contributed by atoms with Gasteiger partial charge in [0.1, 0.15) is 0 Å². The molecule has 12 heavy (non-hydrogen) atoms. The maximum Gasteiger partial charge on any atom is 0.217 e. The molecule has 1 aromatic rings. The number of carbonyl (C=O) groups is 1. The van der Waals surface area contributed by atoms with Gasteiger partial charge in [-0.1, -0.05) is 30.3 Å². The Hall–Kier alpha value is -1.31. The van der Waals surface area contributed by atoms with E-state index in [-0.39, 0.29) is 11.9 Å². The van der Waals surface area contributed by atoms with E-state index in [1.165, 1.54) is 6.92 Å². The van der Waals surface area contributed by atoms with Crippen molar-refractivity contribution in [3.8, 4) is 0 Å². The first-order valence-corrected chi connectivity index (χ1v) is 3.85. The summed E-state index contributed by atoms with van der Waals surface area (Å²) in [5.41, 5.74) is 1.02. The molecule has 0 saturated heterocycles. The van der Waals surface area contributed by atoms with E-state index < -0.39 is 0 Å². The molecule has 0 aromatic heterocycles. The van der Waals surface area contributed by atoms with Crippen molar-refractivity contribution in [3.63, 3.8) is 0 Å². The van der Waals surface area contributed by atoms with Gasteiger partial charge >= 0.3 is 0 Å². The SMILES string of the molecule is [CH2][C@@H](NC(C)=O)c1ccccc1. The van der Waals surface area contributed by atoms with Crippen molar-refractivity contribution in [1.29, 1.82) is 0 Å². The molecule has 0 spiro atoms. The van der Waals surface area contributed by atoms with Crippen molar-refractivity contribution < 1.29 is 4.79 Å². The lowest BCUT2D eigenvalue weighted by Gasteiger charge is -2.11. The number of hydrogen-bond donors (Lipinski definition) is 1. The van der Waals surface area contributed by atoms with Gasteiger partial charge in [0.2, 0.25) is 5.91 Å². The highest BCUT2D eigenvalue weighted by Gasteiger charge is 2.04. The third-order valence-electron chi connectivity index (χ3n) is 1.58. The fourth-order valence-electron chi connectivity index (χ4n) is 1.01. The average Bonchev–Trinajstić information content (AvgIpc) is 2.05. The minimum Gasteiger partial charge on any atom is -0.350 e. The van der Waals surface area contributed by atoms with Gasteiger partial charge < -0.3 is 5.32 Å². The van der Waals surface area contributed by atoms with E-state index in [0.717, 1.165) is 5.56 Å². The van der Waals surface area contributed by atoms with Crippen molar-refractivity contribution in [3.05, 3.63) is 42.8 Å². The molecule has 1 atom stereocenters. The van der Waals surface area contributed by atoms with E-state index >= 15 is 0 Å². The van der Waals surface area contributed by atoms with E-state index in [4.69, 9.17) is 0 Å². The topological polar surface area (TPSA) is 29.1 Å². The fraction of sp³-hybridized carbons (Fsp3) is 0.200. The van der Waals surface area contributed by atoms with Crippen LogP contribution in [0.2, 0.25) is 0 Å². The smallest absolute Gasteiger partial charge is 0.217 e. The molecule has 63 valence electrons. The standard InChI is InChI=1S/C10H12NO/c1-8(11-9(2)12)10-6-4-3-5-7-10/h3-8H,1H2,2H3,(H,11,12)/t8-/m1/s1. The minimum atomic E-state index is -0.149. The molecule has 0 bridgehead atoms. The van der Waals surface area contributed by atoms with Crippen LogP contribution in [-0.4, -0.2) is 5.91 Å². The Balaban J connectivity index is 2.65. The molecular formula is C10H12NO. The van der Waals surface area contributed by atoms with E-state index in [0.29, 0.717) is 0 Å². The van der Waals surface area contributed by atoms with Crippen LogP contribution < -0.4 is 5.32 Å².